The summed E-state index contributed by atoms with van der Waals surface area (Å²) in [7, 11) is 0. The van der Waals surface area contributed by atoms with Crippen molar-refractivity contribution in [3.8, 4) is 0 Å². The van der Waals surface area contributed by atoms with Crippen LogP contribution in [0.4, 0.5) is 10.1 Å². The van der Waals surface area contributed by atoms with Gasteiger partial charge in [-0.2, -0.15) is 0 Å². The van der Waals surface area contributed by atoms with Gasteiger partial charge in [0.15, 0.2) is 0 Å². The van der Waals surface area contributed by atoms with E-state index < -0.39 is 16.7 Å². The highest BCUT2D eigenvalue weighted by molar-refractivity contribution is 5.86. The molecule has 0 unspecified atom stereocenters. The topological polar surface area (TPSA) is 85.4 Å². The normalized spacial score (nSPS) is 10.4. The Balaban J connectivity index is 2.38. The minimum absolute atomic E-state index is 0.0488. The molecule has 0 saturated carbocycles. The summed E-state index contributed by atoms with van der Waals surface area (Å²) in [5.74, 6) is -1.72. The van der Waals surface area contributed by atoms with E-state index in [0.29, 0.717) is 5.56 Å². The van der Waals surface area contributed by atoms with Crippen molar-refractivity contribution in [3.05, 3.63) is 63.7 Å². The first-order chi connectivity index (χ1) is 8.97. The van der Waals surface area contributed by atoms with Crippen molar-refractivity contribution in [2.45, 2.75) is 6.54 Å². The minimum Gasteiger partial charge on any atom is -0.477 e. The SMILES string of the molecule is O=C(O)c1cc([N+](=O)[O-])cn1Cc1cccc(F)c1. The van der Waals surface area contributed by atoms with Gasteiger partial charge in [-0.3, -0.25) is 10.1 Å². The molecule has 7 heteroatoms. The number of carboxylic acid groups (broad SMARTS) is 1. The molecule has 0 spiro atoms. The van der Waals surface area contributed by atoms with Gasteiger partial charge in [-0.25, -0.2) is 9.18 Å². The smallest absolute Gasteiger partial charge is 0.352 e. The minimum atomic E-state index is -1.27. The molecule has 0 bridgehead atoms. The van der Waals surface area contributed by atoms with Crippen LogP contribution in [0.3, 0.4) is 0 Å². The standard InChI is InChI=1S/C12H9FN2O4/c13-9-3-1-2-8(4-9)6-14-7-10(15(18)19)5-11(14)12(16)17/h1-5,7H,6H2,(H,16,17). The van der Waals surface area contributed by atoms with Crippen molar-refractivity contribution >= 4 is 11.7 Å². The first-order valence-electron chi connectivity index (χ1n) is 5.29. The lowest BCUT2D eigenvalue weighted by Gasteiger charge is -2.05. The van der Waals surface area contributed by atoms with Crippen LogP contribution in [0.15, 0.2) is 36.5 Å². The van der Waals surface area contributed by atoms with E-state index in [0.717, 1.165) is 12.3 Å². The Morgan fingerprint density at radius 2 is 2.16 bits per heavy atom. The number of aromatic carboxylic acids is 1. The lowest BCUT2D eigenvalue weighted by molar-refractivity contribution is -0.384. The van der Waals surface area contributed by atoms with Gasteiger partial charge < -0.3 is 9.67 Å². The van der Waals surface area contributed by atoms with E-state index in [9.17, 15) is 19.3 Å². The molecule has 1 heterocycles. The van der Waals surface area contributed by atoms with Gasteiger partial charge in [0, 0.05) is 12.6 Å². The fraction of sp³-hybridized carbons (Fsp3) is 0.0833. The Hall–Kier alpha value is -2.70. The molecule has 2 aromatic rings. The van der Waals surface area contributed by atoms with Gasteiger partial charge >= 0.3 is 5.97 Å². The molecule has 1 aromatic carbocycles. The zero-order chi connectivity index (χ0) is 14.0. The van der Waals surface area contributed by atoms with Gasteiger partial charge in [0.1, 0.15) is 11.5 Å². The van der Waals surface area contributed by atoms with Gasteiger partial charge in [0.2, 0.25) is 0 Å². The lowest BCUT2D eigenvalue weighted by atomic mass is 10.2. The predicted octanol–water partition coefficient (Wildman–Crippen LogP) is 2.28. The van der Waals surface area contributed by atoms with Crippen LogP contribution in [0, 0.1) is 15.9 Å². The number of hydrogen-bond donors (Lipinski definition) is 1. The van der Waals surface area contributed by atoms with Gasteiger partial charge in [-0.05, 0) is 17.7 Å². The van der Waals surface area contributed by atoms with Crippen LogP contribution >= 0.6 is 0 Å². The number of carbonyl (C=O) groups is 1. The average Bonchev–Trinajstić information content (AvgIpc) is 2.73. The molecule has 0 fully saturated rings. The van der Waals surface area contributed by atoms with Crippen molar-refractivity contribution in [1.29, 1.82) is 0 Å². The molecule has 0 amide bonds. The third-order valence-corrected chi connectivity index (χ3v) is 2.55. The molecule has 0 aliphatic heterocycles. The van der Waals surface area contributed by atoms with Gasteiger partial charge in [0.05, 0.1) is 11.1 Å². The molecule has 98 valence electrons. The first kappa shape index (κ1) is 12.7. The van der Waals surface area contributed by atoms with E-state index in [4.69, 9.17) is 5.11 Å². The number of halogens is 1. The maximum absolute atomic E-state index is 13.0. The Morgan fingerprint density at radius 3 is 2.74 bits per heavy atom. The molecular formula is C12H9FN2O4. The highest BCUT2D eigenvalue weighted by Crippen LogP contribution is 2.18. The van der Waals surface area contributed by atoms with E-state index in [1.54, 1.807) is 6.07 Å². The lowest BCUT2D eigenvalue weighted by Crippen LogP contribution is -2.08. The molecule has 1 aromatic heterocycles. The Kier molecular flexibility index (Phi) is 3.28. The molecule has 0 radical (unpaired) electrons. The fourth-order valence-corrected chi connectivity index (χ4v) is 1.74. The molecule has 0 saturated heterocycles. The highest BCUT2D eigenvalue weighted by atomic mass is 19.1. The number of carboxylic acids is 1. The Labute approximate surface area is 106 Å². The number of aromatic nitrogens is 1. The number of nitrogens with zero attached hydrogens (tertiary/aromatic N) is 2. The van der Waals surface area contributed by atoms with Crippen LogP contribution in [0.2, 0.25) is 0 Å². The zero-order valence-electron chi connectivity index (χ0n) is 9.62. The molecule has 0 aliphatic rings. The molecule has 0 atom stereocenters. The zero-order valence-corrected chi connectivity index (χ0v) is 9.62. The quantitative estimate of drug-likeness (QED) is 0.678. The monoisotopic (exact) mass is 264 g/mol. The van der Waals surface area contributed by atoms with Crippen LogP contribution in [0.5, 0.6) is 0 Å². The van der Waals surface area contributed by atoms with E-state index in [2.05, 4.69) is 0 Å². The van der Waals surface area contributed by atoms with Crippen LogP contribution in [-0.2, 0) is 6.54 Å². The first-order valence-corrected chi connectivity index (χ1v) is 5.29. The van der Waals surface area contributed by atoms with Crippen molar-refractivity contribution in [2.24, 2.45) is 0 Å². The molecule has 0 aliphatic carbocycles. The molecule has 19 heavy (non-hydrogen) atoms. The summed E-state index contributed by atoms with van der Waals surface area (Å²) in [6.45, 7) is 0.0488. The van der Waals surface area contributed by atoms with Crippen molar-refractivity contribution < 1.29 is 19.2 Å². The van der Waals surface area contributed by atoms with Crippen LogP contribution in [-0.4, -0.2) is 20.6 Å². The summed E-state index contributed by atoms with van der Waals surface area (Å²) in [5, 5.41) is 19.6. The van der Waals surface area contributed by atoms with E-state index >= 15 is 0 Å². The van der Waals surface area contributed by atoms with E-state index in [-0.39, 0.29) is 17.9 Å². The summed E-state index contributed by atoms with van der Waals surface area (Å²) < 4.78 is 14.2. The molecule has 2 rings (SSSR count). The number of rotatable bonds is 4. The summed E-state index contributed by atoms with van der Waals surface area (Å²) in [4.78, 5) is 21.0. The fourth-order valence-electron chi connectivity index (χ4n) is 1.74. The van der Waals surface area contributed by atoms with Gasteiger partial charge in [0.25, 0.3) is 5.69 Å². The summed E-state index contributed by atoms with van der Waals surface area (Å²) >= 11 is 0. The number of nitro groups is 1. The Morgan fingerprint density at radius 1 is 1.42 bits per heavy atom. The van der Waals surface area contributed by atoms with Crippen LogP contribution in [0.1, 0.15) is 16.1 Å². The van der Waals surface area contributed by atoms with Crippen molar-refractivity contribution in [2.75, 3.05) is 0 Å². The number of hydrogen-bond acceptors (Lipinski definition) is 3. The molecular weight excluding hydrogens is 255 g/mol. The van der Waals surface area contributed by atoms with Crippen molar-refractivity contribution in [1.82, 2.24) is 4.57 Å². The summed E-state index contributed by atoms with van der Waals surface area (Å²) in [5.41, 5.74) is -0.00207. The van der Waals surface area contributed by atoms with Crippen LogP contribution < -0.4 is 0 Å². The second-order valence-corrected chi connectivity index (χ2v) is 3.90. The summed E-state index contributed by atoms with van der Waals surface area (Å²) in [6.07, 6.45) is 1.12. The highest BCUT2D eigenvalue weighted by Gasteiger charge is 2.18. The average molecular weight is 264 g/mol. The van der Waals surface area contributed by atoms with Crippen molar-refractivity contribution in [3.63, 3.8) is 0 Å². The maximum atomic E-state index is 13.0. The Bertz CT molecular complexity index is 651. The van der Waals surface area contributed by atoms with E-state index in [1.165, 1.54) is 22.8 Å². The van der Waals surface area contributed by atoms with Gasteiger partial charge in [-0.15, -0.1) is 0 Å². The maximum Gasteiger partial charge on any atom is 0.352 e. The predicted molar refractivity (Wildman–Crippen MR) is 63.5 cm³/mol. The van der Waals surface area contributed by atoms with Crippen LogP contribution in [0.25, 0.3) is 0 Å². The van der Waals surface area contributed by atoms with Gasteiger partial charge in [-0.1, -0.05) is 12.1 Å². The molecule has 6 nitrogen and oxygen atoms in total. The number of benzene rings is 1. The second kappa shape index (κ2) is 4.89. The van der Waals surface area contributed by atoms with E-state index in [1.807, 2.05) is 0 Å². The third kappa shape index (κ3) is 2.76. The second-order valence-electron chi connectivity index (χ2n) is 3.90. The largest absolute Gasteiger partial charge is 0.477 e. The molecule has 1 N–H and O–H groups in total. The third-order valence-electron chi connectivity index (χ3n) is 2.55. The summed E-state index contributed by atoms with van der Waals surface area (Å²) in [6, 6.07) is 6.59.